The summed E-state index contributed by atoms with van der Waals surface area (Å²) in [5.41, 5.74) is 3.87. The highest BCUT2D eigenvalue weighted by atomic mass is 32.2. The van der Waals surface area contributed by atoms with Gasteiger partial charge in [-0.1, -0.05) is 36.0 Å². The number of aromatic nitrogens is 3. The van der Waals surface area contributed by atoms with Crippen molar-refractivity contribution in [2.75, 3.05) is 5.32 Å². The molecule has 33 heavy (non-hydrogen) atoms. The number of anilines is 1. The lowest BCUT2D eigenvalue weighted by Gasteiger charge is -2.11. The van der Waals surface area contributed by atoms with E-state index in [1.807, 2.05) is 32.0 Å². The van der Waals surface area contributed by atoms with E-state index in [1.165, 1.54) is 17.8 Å². The maximum absolute atomic E-state index is 13.0. The number of carbonyl (C=O) groups is 1. The van der Waals surface area contributed by atoms with E-state index in [9.17, 15) is 18.0 Å². The summed E-state index contributed by atoms with van der Waals surface area (Å²) in [5, 5.41) is 3.40. The molecule has 0 bridgehead atoms. The first kappa shape index (κ1) is 22.8. The quantitative estimate of drug-likeness (QED) is 0.351. The first-order valence-electron chi connectivity index (χ1n) is 10.2. The number of nitrogens with zero attached hydrogens (tertiary/aromatic N) is 3. The SMILES string of the molecule is Cc1ccc(NC(=O)Cn2c(SCc3cccc(C(F)(F)F)c3)nc3cccnc32)cc1C. The van der Waals surface area contributed by atoms with E-state index in [2.05, 4.69) is 15.3 Å². The van der Waals surface area contributed by atoms with Crippen LogP contribution < -0.4 is 5.32 Å². The molecule has 0 saturated carbocycles. The molecular weight excluding hydrogens is 449 g/mol. The number of rotatable bonds is 6. The number of thioether (sulfide) groups is 1. The van der Waals surface area contributed by atoms with Crippen LogP contribution in [0.4, 0.5) is 18.9 Å². The molecule has 1 N–H and O–H groups in total. The van der Waals surface area contributed by atoms with E-state index < -0.39 is 11.7 Å². The summed E-state index contributed by atoms with van der Waals surface area (Å²) in [5.74, 6) is 0.0237. The monoisotopic (exact) mass is 470 g/mol. The molecule has 9 heteroatoms. The van der Waals surface area contributed by atoms with E-state index in [1.54, 1.807) is 29.0 Å². The number of nitrogens with one attached hydrogen (secondary N) is 1. The molecule has 5 nitrogen and oxygen atoms in total. The third kappa shape index (κ3) is 5.36. The van der Waals surface area contributed by atoms with Crippen molar-refractivity contribution in [1.82, 2.24) is 14.5 Å². The largest absolute Gasteiger partial charge is 0.416 e. The van der Waals surface area contributed by atoms with E-state index in [4.69, 9.17) is 0 Å². The molecule has 0 saturated heterocycles. The fourth-order valence-electron chi connectivity index (χ4n) is 3.34. The predicted octanol–water partition coefficient (Wildman–Crippen LogP) is 6.00. The van der Waals surface area contributed by atoms with Crippen LogP contribution in [0.3, 0.4) is 0 Å². The number of pyridine rings is 1. The van der Waals surface area contributed by atoms with Crippen LogP contribution in [0.5, 0.6) is 0 Å². The highest BCUT2D eigenvalue weighted by Gasteiger charge is 2.30. The van der Waals surface area contributed by atoms with Crippen LogP contribution in [-0.4, -0.2) is 20.4 Å². The molecule has 0 radical (unpaired) electrons. The van der Waals surface area contributed by atoms with Crippen LogP contribution in [-0.2, 0) is 23.3 Å². The number of hydrogen-bond donors (Lipinski definition) is 1. The second-order valence-corrected chi connectivity index (χ2v) is 8.60. The number of hydrogen-bond acceptors (Lipinski definition) is 4. The van der Waals surface area contributed by atoms with Crippen molar-refractivity contribution in [3.8, 4) is 0 Å². The van der Waals surface area contributed by atoms with Gasteiger partial charge in [-0.25, -0.2) is 9.97 Å². The molecule has 2 aromatic carbocycles. The van der Waals surface area contributed by atoms with Gasteiger partial charge in [0, 0.05) is 17.6 Å². The van der Waals surface area contributed by atoms with Crippen LogP contribution in [0, 0.1) is 13.8 Å². The molecule has 0 aliphatic carbocycles. The molecule has 170 valence electrons. The average molecular weight is 471 g/mol. The summed E-state index contributed by atoms with van der Waals surface area (Å²) in [6.07, 6.45) is -2.78. The van der Waals surface area contributed by atoms with Gasteiger partial charge in [0.05, 0.1) is 5.56 Å². The highest BCUT2D eigenvalue weighted by Crippen LogP contribution is 2.32. The third-order valence-electron chi connectivity index (χ3n) is 5.18. The number of halogens is 3. The van der Waals surface area contributed by atoms with Gasteiger partial charge in [0.2, 0.25) is 5.91 Å². The number of amides is 1. The van der Waals surface area contributed by atoms with Gasteiger partial charge in [-0.2, -0.15) is 13.2 Å². The van der Waals surface area contributed by atoms with Crippen LogP contribution in [0.25, 0.3) is 11.2 Å². The van der Waals surface area contributed by atoms with Crippen LogP contribution in [0.1, 0.15) is 22.3 Å². The zero-order chi connectivity index (χ0) is 23.6. The van der Waals surface area contributed by atoms with Crippen LogP contribution >= 0.6 is 11.8 Å². The Kier molecular flexibility index (Phi) is 6.42. The number of carbonyl (C=O) groups excluding carboxylic acids is 1. The minimum absolute atomic E-state index is 0.0225. The first-order chi connectivity index (χ1) is 15.7. The molecule has 4 rings (SSSR count). The van der Waals surface area contributed by atoms with Crippen molar-refractivity contribution in [2.45, 2.75) is 37.5 Å². The van der Waals surface area contributed by atoms with Gasteiger partial charge < -0.3 is 5.32 Å². The zero-order valence-electron chi connectivity index (χ0n) is 18.0. The molecule has 0 spiro atoms. The molecule has 0 fully saturated rings. The Bertz CT molecular complexity index is 1320. The van der Waals surface area contributed by atoms with Crippen molar-refractivity contribution < 1.29 is 18.0 Å². The van der Waals surface area contributed by atoms with Gasteiger partial charge in [-0.3, -0.25) is 9.36 Å². The standard InChI is InChI=1S/C24H21F3N4OS/c1-15-8-9-19(11-16(15)2)29-21(32)13-31-22-20(7-4-10-28-22)30-23(31)33-14-17-5-3-6-18(12-17)24(25,26)27/h3-12H,13-14H2,1-2H3,(H,29,32). The Morgan fingerprint density at radius 1 is 1.06 bits per heavy atom. The van der Waals surface area contributed by atoms with E-state index in [0.29, 0.717) is 27.6 Å². The first-order valence-corrected chi connectivity index (χ1v) is 11.2. The van der Waals surface area contributed by atoms with E-state index in [-0.39, 0.29) is 18.2 Å². The van der Waals surface area contributed by atoms with Gasteiger partial charge in [-0.15, -0.1) is 0 Å². The molecule has 0 unspecified atom stereocenters. The van der Waals surface area contributed by atoms with Crippen molar-refractivity contribution in [2.24, 2.45) is 0 Å². The molecule has 0 aliphatic rings. The molecule has 0 atom stereocenters. The maximum atomic E-state index is 13.0. The Morgan fingerprint density at radius 2 is 1.88 bits per heavy atom. The second kappa shape index (κ2) is 9.27. The minimum atomic E-state index is -4.40. The summed E-state index contributed by atoms with van der Waals surface area (Å²) >= 11 is 1.26. The van der Waals surface area contributed by atoms with Crippen LogP contribution in [0.2, 0.25) is 0 Å². The number of alkyl halides is 3. The fraction of sp³-hybridized carbons (Fsp3) is 0.208. The highest BCUT2D eigenvalue weighted by molar-refractivity contribution is 7.98. The summed E-state index contributed by atoms with van der Waals surface area (Å²) in [4.78, 5) is 21.7. The van der Waals surface area contributed by atoms with E-state index in [0.717, 1.165) is 23.3 Å². The summed E-state index contributed by atoms with van der Waals surface area (Å²) in [6, 6.07) is 14.4. The van der Waals surface area contributed by atoms with Crippen molar-refractivity contribution in [3.63, 3.8) is 0 Å². The van der Waals surface area contributed by atoms with Gasteiger partial charge in [0.1, 0.15) is 12.1 Å². The number of imidazole rings is 1. The summed E-state index contributed by atoms with van der Waals surface area (Å²) < 4.78 is 40.8. The lowest BCUT2D eigenvalue weighted by molar-refractivity contribution is -0.137. The van der Waals surface area contributed by atoms with Crippen molar-refractivity contribution in [1.29, 1.82) is 0 Å². The Hall–Kier alpha value is -3.33. The third-order valence-corrected chi connectivity index (χ3v) is 6.23. The fourth-order valence-corrected chi connectivity index (χ4v) is 4.28. The van der Waals surface area contributed by atoms with Gasteiger partial charge >= 0.3 is 6.18 Å². The molecule has 2 heterocycles. The van der Waals surface area contributed by atoms with Crippen LogP contribution in [0.15, 0.2) is 66.0 Å². The minimum Gasteiger partial charge on any atom is -0.325 e. The Balaban J connectivity index is 1.55. The second-order valence-electron chi connectivity index (χ2n) is 7.66. The zero-order valence-corrected chi connectivity index (χ0v) is 18.8. The van der Waals surface area contributed by atoms with E-state index >= 15 is 0 Å². The van der Waals surface area contributed by atoms with Crippen molar-refractivity contribution >= 4 is 34.5 Å². The summed E-state index contributed by atoms with van der Waals surface area (Å²) in [6.45, 7) is 3.95. The number of benzene rings is 2. The smallest absolute Gasteiger partial charge is 0.325 e. The summed E-state index contributed by atoms with van der Waals surface area (Å²) in [7, 11) is 0. The number of fused-ring (bicyclic) bond motifs is 1. The topological polar surface area (TPSA) is 59.8 Å². The lowest BCUT2D eigenvalue weighted by atomic mass is 10.1. The van der Waals surface area contributed by atoms with Gasteiger partial charge in [0.25, 0.3) is 0 Å². The molecule has 1 amide bonds. The lowest BCUT2D eigenvalue weighted by Crippen LogP contribution is -2.19. The molecule has 2 aromatic heterocycles. The predicted molar refractivity (Wildman–Crippen MR) is 123 cm³/mol. The molecular formula is C24H21F3N4OS. The average Bonchev–Trinajstić information content (AvgIpc) is 3.12. The maximum Gasteiger partial charge on any atom is 0.416 e. The van der Waals surface area contributed by atoms with Gasteiger partial charge in [-0.05, 0) is 60.9 Å². The molecule has 4 aromatic rings. The normalized spacial score (nSPS) is 11.7. The Morgan fingerprint density at radius 3 is 2.64 bits per heavy atom. The van der Waals surface area contributed by atoms with Gasteiger partial charge in [0.15, 0.2) is 10.8 Å². The van der Waals surface area contributed by atoms with Crippen molar-refractivity contribution in [3.05, 3.63) is 83.0 Å². The Labute approximate surface area is 193 Å². The molecule has 0 aliphatic heterocycles. The number of aryl methyl sites for hydroxylation is 2.